The SMILES string of the molecule is Cl.Cn1c(=O)c2c(ncn2CCNC2CCCCC2)n(C)c1=O. The second kappa shape index (κ2) is 7.31. The highest BCUT2D eigenvalue weighted by molar-refractivity contribution is 5.85. The van der Waals surface area contributed by atoms with E-state index in [1.54, 1.807) is 13.4 Å². The zero-order chi connectivity index (χ0) is 15.7. The fourth-order valence-corrected chi connectivity index (χ4v) is 3.26. The summed E-state index contributed by atoms with van der Waals surface area (Å²) in [5, 5.41) is 3.56. The fourth-order valence-electron chi connectivity index (χ4n) is 3.26. The summed E-state index contributed by atoms with van der Waals surface area (Å²) in [6.07, 6.45) is 8.06. The van der Waals surface area contributed by atoms with Gasteiger partial charge in [-0.25, -0.2) is 9.78 Å². The molecule has 2 aromatic rings. The average molecular weight is 342 g/mol. The Morgan fingerprint density at radius 1 is 1.17 bits per heavy atom. The number of rotatable bonds is 4. The van der Waals surface area contributed by atoms with Gasteiger partial charge in [0.1, 0.15) is 0 Å². The van der Waals surface area contributed by atoms with E-state index in [0.29, 0.717) is 23.8 Å². The predicted octanol–water partition coefficient (Wildman–Crippen LogP) is 0.778. The number of aryl methyl sites for hydroxylation is 1. The third-order valence-electron chi connectivity index (χ3n) is 4.61. The normalized spacial score (nSPS) is 15.7. The number of hydrogen-bond donors (Lipinski definition) is 1. The maximum atomic E-state index is 12.3. The lowest BCUT2D eigenvalue weighted by atomic mass is 9.95. The molecule has 3 rings (SSSR count). The lowest BCUT2D eigenvalue weighted by molar-refractivity contribution is 0.368. The van der Waals surface area contributed by atoms with Crippen LogP contribution < -0.4 is 16.6 Å². The molecule has 1 N–H and O–H groups in total. The van der Waals surface area contributed by atoms with Crippen LogP contribution >= 0.6 is 12.4 Å². The van der Waals surface area contributed by atoms with Gasteiger partial charge < -0.3 is 9.88 Å². The molecule has 0 atom stereocenters. The summed E-state index contributed by atoms with van der Waals surface area (Å²) in [5.41, 5.74) is 0.317. The van der Waals surface area contributed by atoms with Crippen molar-refractivity contribution >= 4 is 23.6 Å². The van der Waals surface area contributed by atoms with Crippen molar-refractivity contribution in [2.75, 3.05) is 6.54 Å². The Morgan fingerprint density at radius 3 is 2.57 bits per heavy atom. The molecule has 0 amide bonds. The number of nitrogens with one attached hydrogen (secondary N) is 1. The zero-order valence-corrected chi connectivity index (χ0v) is 14.4. The quantitative estimate of drug-likeness (QED) is 0.891. The first-order valence-electron chi connectivity index (χ1n) is 7.94. The van der Waals surface area contributed by atoms with Crippen molar-refractivity contribution < 1.29 is 0 Å². The highest BCUT2D eigenvalue weighted by atomic mass is 35.5. The Hall–Kier alpha value is -1.60. The highest BCUT2D eigenvalue weighted by Crippen LogP contribution is 2.17. The van der Waals surface area contributed by atoms with Crippen molar-refractivity contribution in [2.45, 2.75) is 44.7 Å². The van der Waals surface area contributed by atoms with Crippen LogP contribution in [0.25, 0.3) is 11.2 Å². The summed E-state index contributed by atoms with van der Waals surface area (Å²) in [6, 6.07) is 0.593. The highest BCUT2D eigenvalue weighted by Gasteiger charge is 2.15. The topological polar surface area (TPSA) is 73.8 Å². The molecule has 1 fully saturated rings. The minimum Gasteiger partial charge on any atom is -0.323 e. The first kappa shape index (κ1) is 17.7. The summed E-state index contributed by atoms with van der Waals surface area (Å²) < 4.78 is 4.39. The van der Waals surface area contributed by atoms with Gasteiger partial charge in [-0.15, -0.1) is 12.4 Å². The Kier molecular flexibility index (Phi) is 5.64. The van der Waals surface area contributed by atoms with E-state index in [2.05, 4.69) is 10.3 Å². The van der Waals surface area contributed by atoms with Crippen LogP contribution in [-0.4, -0.2) is 31.3 Å². The molecular formula is C15H24ClN5O2. The van der Waals surface area contributed by atoms with Gasteiger partial charge in [0.15, 0.2) is 11.2 Å². The minimum absolute atomic E-state index is 0. The maximum absolute atomic E-state index is 12.3. The molecule has 0 spiro atoms. The third-order valence-corrected chi connectivity index (χ3v) is 4.61. The Bertz CT molecular complexity index is 785. The van der Waals surface area contributed by atoms with Gasteiger partial charge in [-0.1, -0.05) is 19.3 Å². The van der Waals surface area contributed by atoms with Crippen LogP contribution in [0.2, 0.25) is 0 Å². The Labute approximate surface area is 140 Å². The van der Waals surface area contributed by atoms with Crippen LogP contribution in [0, 0.1) is 0 Å². The smallest absolute Gasteiger partial charge is 0.323 e. The van der Waals surface area contributed by atoms with Crippen LogP contribution in [0.4, 0.5) is 0 Å². The second-order valence-electron chi connectivity index (χ2n) is 6.10. The minimum atomic E-state index is -0.344. The summed E-state index contributed by atoms with van der Waals surface area (Å²) in [6.45, 7) is 1.49. The Balaban J connectivity index is 0.00000192. The number of nitrogens with zero attached hydrogens (tertiary/aromatic N) is 4. The third kappa shape index (κ3) is 3.35. The molecule has 0 bridgehead atoms. The van der Waals surface area contributed by atoms with Gasteiger partial charge in [-0.3, -0.25) is 13.9 Å². The first-order valence-corrected chi connectivity index (χ1v) is 7.94. The summed E-state index contributed by atoms with van der Waals surface area (Å²) in [5.74, 6) is 0. The van der Waals surface area contributed by atoms with E-state index in [1.165, 1.54) is 43.7 Å². The van der Waals surface area contributed by atoms with E-state index in [0.717, 1.165) is 11.1 Å². The van der Waals surface area contributed by atoms with Crippen molar-refractivity contribution in [3.8, 4) is 0 Å². The van der Waals surface area contributed by atoms with Crippen LogP contribution in [0.1, 0.15) is 32.1 Å². The lowest BCUT2D eigenvalue weighted by Gasteiger charge is -2.22. The van der Waals surface area contributed by atoms with Crippen molar-refractivity contribution in [2.24, 2.45) is 14.1 Å². The largest absolute Gasteiger partial charge is 0.332 e. The van der Waals surface area contributed by atoms with E-state index in [-0.39, 0.29) is 23.7 Å². The monoisotopic (exact) mass is 341 g/mol. The standard InChI is InChI=1S/C15H23N5O2.ClH/c1-18-13-12(14(21)19(2)15(18)22)20(10-17-13)9-8-16-11-6-4-3-5-7-11;/h10-11,16H,3-9H2,1-2H3;1H. The molecular weight excluding hydrogens is 318 g/mol. The number of fused-ring (bicyclic) bond motifs is 1. The van der Waals surface area contributed by atoms with Gasteiger partial charge in [0.25, 0.3) is 5.56 Å². The molecule has 2 heterocycles. The van der Waals surface area contributed by atoms with Gasteiger partial charge in [0.2, 0.25) is 0 Å². The fraction of sp³-hybridized carbons (Fsp3) is 0.667. The molecule has 0 radical (unpaired) electrons. The second-order valence-corrected chi connectivity index (χ2v) is 6.10. The molecule has 0 saturated heterocycles. The van der Waals surface area contributed by atoms with E-state index < -0.39 is 0 Å². The molecule has 1 aliphatic rings. The lowest BCUT2D eigenvalue weighted by Crippen LogP contribution is -2.38. The molecule has 8 heteroatoms. The van der Waals surface area contributed by atoms with E-state index in [1.807, 2.05) is 4.57 Å². The zero-order valence-electron chi connectivity index (χ0n) is 13.6. The number of halogens is 1. The molecule has 7 nitrogen and oxygen atoms in total. The Morgan fingerprint density at radius 2 is 1.87 bits per heavy atom. The van der Waals surface area contributed by atoms with Gasteiger partial charge in [0.05, 0.1) is 6.33 Å². The van der Waals surface area contributed by atoms with E-state index in [4.69, 9.17) is 0 Å². The molecule has 0 unspecified atom stereocenters. The van der Waals surface area contributed by atoms with Crippen molar-refractivity contribution in [1.82, 2.24) is 24.0 Å². The van der Waals surface area contributed by atoms with Crippen LogP contribution in [0.15, 0.2) is 15.9 Å². The molecule has 1 saturated carbocycles. The maximum Gasteiger partial charge on any atom is 0.332 e. The molecule has 0 aromatic carbocycles. The van der Waals surface area contributed by atoms with Crippen molar-refractivity contribution in [3.05, 3.63) is 27.2 Å². The summed E-state index contributed by atoms with van der Waals surface area (Å²) in [7, 11) is 3.14. The molecule has 128 valence electrons. The van der Waals surface area contributed by atoms with E-state index in [9.17, 15) is 9.59 Å². The molecule has 0 aliphatic heterocycles. The van der Waals surface area contributed by atoms with Gasteiger partial charge in [0, 0.05) is 33.2 Å². The first-order chi connectivity index (χ1) is 10.6. The van der Waals surface area contributed by atoms with E-state index >= 15 is 0 Å². The van der Waals surface area contributed by atoms with Crippen LogP contribution in [0.5, 0.6) is 0 Å². The predicted molar refractivity (Wildman–Crippen MR) is 92.3 cm³/mol. The molecule has 1 aliphatic carbocycles. The summed E-state index contributed by atoms with van der Waals surface area (Å²) >= 11 is 0. The van der Waals surface area contributed by atoms with Gasteiger partial charge in [-0.2, -0.15) is 0 Å². The number of hydrogen-bond acceptors (Lipinski definition) is 4. The molecule has 2 aromatic heterocycles. The van der Waals surface area contributed by atoms with Crippen LogP contribution in [-0.2, 0) is 20.6 Å². The average Bonchev–Trinajstić information content (AvgIpc) is 2.96. The van der Waals surface area contributed by atoms with Crippen molar-refractivity contribution in [1.29, 1.82) is 0 Å². The van der Waals surface area contributed by atoms with Crippen LogP contribution in [0.3, 0.4) is 0 Å². The number of aromatic nitrogens is 4. The number of imidazole rings is 1. The van der Waals surface area contributed by atoms with Crippen molar-refractivity contribution in [3.63, 3.8) is 0 Å². The molecule has 23 heavy (non-hydrogen) atoms. The summed E-state index contributed by atoms with van der Waals surface area (Å²) in [4.78, 5) is 28.4. The van der Waals surface area contributed by atoms with Gasteiger partial charge in [-0.05, 0) is 12.8 Å². The van der Waals surface area contributed by atoms with Gasteiger partial charge >= 0.3 is 5.69 Å².